The maximum Gasteiger partial charge on any atom is 0.257 e. The third kappa shape index (κ3) is 3.04. The molecule has 1 aromatic carbocycles. The van der Waals surface area contributed by atoms with E-state index in [0.717, 1.165) is 18.2 Å². The van der Waals surface area contributed by atoms with Crippen molar-refractivity contribution >= 4 is 17.3 Å². The van der Waals surface area contributed by atoms with E-state index in [-0.39, 0.29) is 11.3 Å². The summed E-state index contributed by atoms with van der Waals surface area (Å²) in [6.07, 6.45) is 1.42. The number of hydrogen-bond donors (Lipinski definition) is 2. The number of halogens is 2. The van der Waals surface area contributed by atoms with Crippen molar-refractivity contribution in [2.75, 3.05) is 11.1 Å². The summed E-state index contributed by atoms with van der Waals surface area (Å²) in [6.45, 7) is 1.64. The van der Waals surface area contributed by atoms with Crippen LogP contribution in [0.5, 0.6) is 0 Å². The van der Waals surface area contributed by atoms with Crippen LogP contribution in [0.15, 0.2) is 30.5 Å². The first kappa shape index (κ1) is 12.9. The smallest absolute Gasteiger partial charge is 0.257 e. The first-order chi connectivity index (χ1) is 8.95. The third-order valence-corrected chi connectivity index (χ3v) is 2.47. The predicted molar refractivity (Wildman–Crippen MR) is 67.7 cm³/mol. The molecule has 2 rings (SSSR count). The topological polar surface area (TPSA) is 68.0 Å². The van der Waals surface area contributed by atoms with E-state index in [1.165, 1.54) is 12.3 Å². The fourth-order valence-corrected chi connectivity index (χ4v) is 1.60. The van der Waals surface area contributed by atoms with Gasteiger partial charge in [-0.05, 0) is 25.1 Å². The summed E-state index contributed by atoms with van der Waals surface area (Å²) in [5, 5.41) is 2.39. The lowest BCUT2D eigenvalue weighted by atomic mass is 10.1. The monoisotopic (exact) mass is 263 g/mol. The molecule has 3 N–H and O–H groups in total. The molecular weight excluding hydrogens is 252 g/mol. The highest BCUT2D eigenvalue weighted by Gasteiger charge is 2.12. The summed E-state index contributed by atoms with van der Waals surface area (Å²) in [7, 11) is 0. The van der Waals surface area contributed by atoms with Crippen LogP contribution in [0.4, 0.5) is 20.2 Å². The summed E-state index contributed by atoms with van der Waals surface area (Å²) in [5.41, 5.74) is 6.64. The normalized spacial score (nSPS) is 10.3. The average molecular weight is 263 g/mol. The largest absolute Gasteiger partial charge is 0.397 e. The van der Waals surface area contributed by atoms with Crippen molar-refractivity contribution in [1.29, 1.82) is 0 Å². The second-order valence-corrected chi connectivity index (χ2v) is 4.01. The third-order valence-electron chi connectivity index (χ3n) is 2.47. The summed E-state index contributed by atoms with van der Waals surface area (Å²) < 4.78 is 26.0. The molecule has 2 aromatic rings. The predicted octanol–water partition coefficient (Wildman–Crippen LogP) is 2.50. The lowest BCUT2D eigenvalue weighted by molar-refractivity contribution is 0.102. The van der Waals surface area contributed by atoms with Crippen molar-refractivity contribution in [1.82, 2.24) is 4.98 Å². The molecule has 0 aliphatic heterocycles. The number of carbonyl (C=O) groups is 1. The Labute approximate surface area is 108 Å². The Bertz CT molecular complexity index is 624. The first-order valence-electron chi connectivity index (χ1n) is 5.45. The maximum atomic E-state index is 13.0. The summed E-state index contributed by atoms with van der Waals surface area (Å²) in [4.78, 5) is 15.9. The van der Waals surface area contributed by atoms with Crippen molar-refractivity contribution in [3.05, 3.63) is 53.4 Å². The number of nitrogens with zero attached hydrogens (tertiary/aromatic N) is 1. The quantitative estimate of drug-likeness (QED) is 0.874. The lowest BCUT2D eigenvalue weighted by Crippen LogP contribution is -2.14. The van der Waals surface area contributed by atoms with Crippen molar-refractivity contribution in [2.45, 2.75) is 6.92 Å². The number of anilines is 2. The molecule has 0 fully saturated rings. The molecule has 98 valence electrons. The van der Waals surface area contributed by atoms with E-state index in [4.69, 9.17) is 5.73 Å². The Kier molecular flexibility index (Phi) is 3.41. The molecule has 0 radical (unpaired) electrons. The standard InChI is InChI=1S/C13H11F2N3O/c1-7-12(5-10(16)6-17-7)13(19)18-11-3-8(14)2-9(15)4-11/h2-6H,16H2,1H3,(H,18,19). The molecule has 1 aromatic heterocycles. The first-order valence-corrected chi connectivity index (χ1v) is 5.45. The number of aryl methyl sites for hydroxylation is 1. The molecule has 0 atom stereocenters. The van der Waals surface area contributed by atoms with E-state index < -0.39 is 17.5 Å². The summed E-state index contributed by atoms with van der Waals surface area (Å²) in [5.74, 6) is -2.06. The van der Waals surface area contributed by atoms with Crippen LogP contribution in [0.3, 0.4) is 0 Å². The van der Waals surface area contributed by atoms with E-state index >= 15 is 0 Å². The van der Waals surface area contributed by atoms with Gasteiger partial charge in [-0.25, -0.2) is 8.78 Å². The fourth-order valence-electron chi connectivity index (χ4n) is 1.60. The summed E-state index contributed by atoms with van der Waals surface area (Å²) >= 11 is 0. The van der Waals surface area contributed by atoms with Gasteiger partial charge in [-0.1, -0.05) is 0 Å². The fraction of sp³-hybridized carbons (Fsp3) is 0.0769. The van der Waals surface area contributed by atoms with Crippen molar-refractivity contribution in [3.63, 3.8) is 0 Å². The molecule has 6 heteroatoms. The van der Waals surface area contributed by atoms with E-state index in [1.807, 2.05) is 0 Å². The van der Waals surface area contributed by atoms with Crippen LogP contribution >= 0.6 is 0 Å². The minimum atomic E-state index is -0.766. The van der Waals surface area contributed by atoms with Crippen LogP contribution in [0, 0.1) is 18.6 Å². The number of pyridine rings is 1. The number of carbonyl (C=O) groups excluding carboxylic acids is 1. The van der Waals surface area contributed by atoms with Crippen LogP contribution in [0.1, 0.15) is 16.1 Å². The van der Waals surface area contributed by atoms with Crippen molar-refractivity contribution in [2.24, 2.45) is 0 Å². The van der Waals surface area contributed by atoms with Gasteiger partial charge in [-0.15, -0.1) is 0 Å². The van der Waals surface area contributed by atoms with Gasteiger partial charge in [0.05, 0.1) is 23.1 Å². The Morgan fingerprint density at radius 2 is 1.84 bits per heavy atom. The molecule has 0 bridgehead atoms. The van der Waals surface area contributed by atoms with Gasteiger partial charge in [0.2, 0.25) is 0 Å². The Balaban J connectivity index is 2.28. The van der Waals surface area contributed by atoms with Crippen LogP contribution in [-0.4, -0.2) is 10.9 Å². The highest BCUT2D eigenvalue weighted by atomic mass is 19.1. The number of aromatic nitrogens is 1. The van der Waals surface area contributed by atoms with Gasteiger partial charge in [0.15, 0.2) is 0 Å². The molecule has 0 spiro atoms. The Hall–Kier alpha value is -2.50. The highest BCUT2D eigenvalue weighted by molar-refractivity contribution is 6.05. The molecule has 19 heavy (non-hydrogen) atoms. The number of amides is 1. The molecular formula is C13H11F2N3O. The molecule has 0 aliphatic carbocycles. The van der Waals surface area contributed by atoms with Gasteiger partial charge in [0.1, 0.15) is 11.6 Å². The zero-order chi connectivity index (χ0) is 14.0. The van der Waals surface area contributed by atoms with Crippen LogP contribution in [0.2, 0.25) is 0 Å². The molecule has 1 heterocycles. The van der Waals surface area contributed by atoms with Gasteiger partial charge >= 0.3 is 0 Å². The van der Waals surface area contributed by atoms with Gasteiger partial charge in [-0.3, -0.25) is 9.78 Å². The minimum Gasteiger partial charge on any atom is -0.397 e. The van der Waals surface area contributed by atoms with E-state index in [9.17, 15) is 13.6 Å². The zero-order valence-electron chi connectivity index (χ0n) is 10.1. The Morgan fingerprint density at radius 1 is 1.21 bits per heavy atom. The zero-order valence-corrected chi connectivity index (χ0v) is 10.1. The second-order valence-electron chi connectivity index (χ2n) is 4.01. The van der Waals surface area contributed by atoms with Crippen LogP contribution in [0.25, 0.3) is 0 Å². The molecule has 4 nitrogen and oxygen atoms in total. The number of nitrogens with two attached hydrogens (primary N) is 1. The van der Waals surface area contributed by atoms with Crippen molar-refractivity contribution < 1.29 is 13.6 Å². The maximum absolute atomic E-state index is 13.0. The van der Waals surface area contributed by atoms with Gasteiger partial charge in [0, 0.05) is 11.8 Å². The van der Waals surface area contributed by atoms with E-state index in [1.54, 1.807) is 6.92 Å². The minimum absolute atomic E-state index is 0.0318. The lowest BCUT2D eigenvalue weighted by Gasteiger charge is -2.08. The van der Waals surface area contributed by atoms with Gasteiger partial charge in [-0.2, -0.15) is 0 Å². The van der Waals surface area contributed by atoms with E-state index in [2.05, 4.69) is 10.3 Å². The van der Waals surface area contributed by atoms with Gasteiger partial charge < -0.3 is 11.1 Å². The highest BCUT2D eigenvalue weighted by Crippen LogP contribution is 2.16. The van der Waals surface area contributed by atoms with Gasteiger partial charge in [0.25, 0.3) is 5.91 Å². The molecule has 0 unspecified atom stereocenters. The number of nitrogens with one attached hydrogen (secondary N) is 1. The average Bonchev–Trinajstić information content (AvgIpc) is 2.30. The number of nitrogen functional groups attached to an aromatic ring is 1. The Morgan fingerprint density at radius 3 is 2.47 bits per heavy atom. The molecule has 0 saturated heterocycles. The SMILES string of the molecule is Cc1ncc(N)cc1C(=O)Nc1cc(F)cc(F)c1. The number of rotatable bonds is 2. The molecule has 1 amide bonds. The van der Waals surface area contributed by atoms with E-state index in [0.29, 0.717) is 11.4 Å². The van der Waals surface area contributed by atoms with Crippen molar-refractivity contribution in [3.8, 4) is 0 Å². The molecule has 0 saturated carbocycles. The number of hydrogen-bond acceptors (Lipinski definition) is 3. The van der Waals surface area contributed by atoms with Crippen LogP contribution in [-0.2, 0) is 0 Å². The second kappa shape index (κ2) is 5.01. The summed E-state index contributed by atoms with van der Waals surface area (Å²) in [6, 6.07) is 4.22. The number of benzene rings is 1. The molecule has 0 aliphatic rings. The van der Waals surface area contributed by atoms with Crippen LogP contribution < -0.4 is 11.1 Å².